The van der Waals surface area contributed by atoms with E-state index in [-0.39, 0.29) is 51.2 Å². The molecule has 2 atom stereocenters. The van der Waals surface area contributed by atoms with Gasteiger partial charge in [0.1, 0.15) is 11.6 Å². The van der Waals surface area contributed by atoms with Crippen molar-refractivity contribution in [1.29, 1.82) is 0 Å². The van der Waals surface area contributed by atoms with Gasteiger partial charge in [0.05, 0.1) is 40.1 Å². The zero-order valence-electron chi connectivity index (χ0n) is 23.6. The van der Waals surface area contributed by atoms with E-state index < -0.39 is 47.7 Å². The van der Waals surface area contributed by atoms with Crippen LogP contribution in [0.2, 0.25) is 10.0 Å². The van der Waals surface area contributed by atoms with E-state index in [2.05, 4.69) is 13.2 Å². The summed E-state index contributed by atoms with van der Waals surface area (Å²) in [6.07, 6.45) is -2.49. The Hall–Kier alpha value is -3.96. The minimum absolute atomic E-state index is 0.0221. The number of anilines is 1. The number of rotatable bonds is 10. The molecular weight excluding hydrogens is 599 g/mol. The topological polar surface area (TPSA) is 131 Å². The van der Waals surface area contributed by atoms with E-state index in [9.17, 15) is 28.0 Å². The lowest BCUT2D eigenvalue weighted by Crippen LogP contribution is -2.30. The van der Waals surface area contributed by atoms with Gasteiger partial charge in [0, 0.05) is 0 Å². The van der Waals surface area contributed by atoms with E-state index in [1.165, 1.54) is 26.8 Å². The van der Waals surface area contributed by atoms with Crippen molar-refractivity contribution in [3.63, 3.8) is 0 Å². The summed E-state index contributed by atoms with van der Waals surface area (Å²) in [5, 5.41) is -0.261. The van der Waals surface area contributed by atoms with Crippen LogP contribution in [0.5, 0.6) is 0 Å². The van der Waals surface area contributed by atoms with Gasteiger partial charge in [-0.2, -0.15) is 0 Å². The molecule has 2 unspecified atom stereocenters. The first-order chi connectivity index (χ1) is 19.5. The van der Waals surface area contributed by atoms with Crippen LogP contribution in [-0.4, -0.2) is 49.3 Å². The number of halogens is 4. The number of aryl methyl sites for hydroxylation is 1. The Morgan fingerprint density at radius 3 is 1.55 bits per heavy atom. The number of benzene rings is 2. The van der Waals surface area contributed by atoms with Crippen molar-refractivity contribution in [3.05, 3.63) is 86.9 Å². The zero-order valence-corrected chi connectivity index (χ0v) is 25.2. The first-order valence-electron chi connectivity index (χ1n) is 12.3. The number of carbonyl (C=O) groups is 4. The highest BCUT2D eigenvalue weighted by atomic mass is 35.5. The second-order valence-electron chi connectivity index (χ2n) is 8.70. The van der Waals surface area contributed by atoms with Crippen LogP contribution in [0.1, 0.15) is 54.0 Å². The summed E-state index contributed by atoms with van der Waals surface area (Å²) < 4.78 is 46.2. The molecule has 42 heavy (non-hydrogen) atoms. The molecule has 2 rings (SSSR count). The highest BCUT2D eigenvalue weighted by Gasteiger charge is 2.28. The molecule has 0 aliphatic rings. The lowest BCUT2D eigenvalue weighted by molar-refractivity contribution is -0.152. The Kier molecular flexibility index (Phi) is 14.1. The molecule has 2 aromatic carbocycles. The smallest absolute Gasteiger partial charge is 0.351 e. The number of hydrogen-bond acceptors (Lipinski definition) is 9. The van der Waals surface area contributed by atoms with Crippen molar-refractivity contribution >= 4 is 52.8 Å². The van der Waals surface area contributed by atoms with E-state index in [1.807, 2.05) is 0 Å². The summed E-state index contributed by atoms with van der Waals surface area (Å²) in [6, 6.07) is 4.22. The monoisotopic (exact) mass is 629 g/mol. The van der Waals surface area contributed by atoms with Gasteiger partial charge >= 0.3 is 23.9 Å². The van der Waals surface area contributed by atoms with E-state index >= 15 is 0 Å². The van der Waals surface area contributed by atoms with Gasteiger partial charge in [-0.1, -0.05) is 36.4 Å². The summed E-state index contributed by atoms with van der Waals surface area (Å²) in [4.78, 5) is 47.5. The Bertz CT molecular complexity index is 1280. The fraction of sp³-hybridized carbons (Fsp3) is 0.310. The zero-order chi connectivity index (χ0) is 32.3. The van der Waals surface area contributed by atoms with Gasteiger partial charge in [-0.25, -0.2) is 28.0 Å². The predicted octanol–water partition coefficient (Wildman–Crippen LogP) is 6.18. The molecule has 2 N–H and O–H groups in total. The molecule has 0 aliphatic heterocycles. The molecule has 0 spiro atoms. The van der Waals surface area contributed by atoms with Crippen molar-refractivity contribution in [2.75, 3.05) is 18.9 Å². The fourth-order valence-electron chi connectivity index (χ4n) is 3.01. The molecule has 0 saturated heterocycles. The maximum absolute atomic E-state index is 13.3. The van der Waals surface area contributed by atoms with Crippen molar-refractivity contribution in [2.45, 2.75) is 46.8 Å². The average Bonchev–Trinajstić information content (AvgIpc) is 2.89. The molecule has 0 heterocycles. The third-order valence-corrected chi connectivity index (χ3v) is 5.75. The minimum Gasteiger partial charge on any atom is -0.463 e. The Morgan fingerprint density at radius 1 is 0.786 bits per heavy atom. The second-order valence-corrected chi connectivity index (χ2v) is 9.52. The molecule has 2 aromatic rings. The number of esters is 4. The summed E-state index contributed by atoms with van der Waals surface area (Å²) in [7, 11) is 0. The van der Waals surface area contributed by atoms with E-state index in [0.717, 1.165) is 18.2 Å². The lowest BCUT2D eigenvalue weighted by Gasteiger charge is -2.17. The number of carbonyl (C=O) groups excluding carboxylic acids is 4. The van der Waals surface area contributed by atoms with Gasteiger partial charge in [-0.15, -0.1) is 0 Å². The molecule has 0 aromatic heterocycles. The number of ether oxygens (including phenoxy) is 4. The summed E-state index contributed by atoms with van der Waals surface area (Å²) in [5.41, 5.74) is 5.80. The molecular formula is C29H31Cl2F2NO8. The van der Waals surface area contributed by atoms with Crippen molar-refractivity contribution in [1.82, 2.24) is 0 Å². The van der Waals surface area contributed by atoms with Gasteiger partial charge in [0.15, 0.2) is 0 Å². The SMILES string of the molecule is C=C(C)C(OC(=O)c1cc(C)c(F)cc1Cl)C(=O)OCC.C=C(C)C(OC(=O)c1cc(N)c(F)cc1Cl)C(=O)OCC. The van der Waals surface area contributed by atoms with Crippen molar-refractivity contribution < 1.29 is 46.9 Å². The van der Waals surface area contributed by atoms with Crippen LogP contribution < -0.4 is 5.73 Å². The highest BCUT2D eigenvalue weighted by molar-refractivity contribution is 6.34. The predicted molar refractivity (Wildman–Crippen MR) is 153 cm³/mol. The van der Waals surface area contributed by atoms with Crippen LogP contribution in [-0.2, 0) is 28.5 Å². The third kappa shape index (κ3) is 10.1. The first kappa shape index (κ1) is 36.1. The minimum atomic E-state index is -1.26. The summed E-state index contributed by atoms with van der Waals surface area (Å²) in [6.45, 7) is 15.2. The van der Waals surface area contributed by atoms with Crippen molar-refractivity contribution in [2.24, 2.45) is 0 Å². The molecule has 9 nitrogen and oxygen atoms in total. The maximum atomic E-state index is 13.3. The maximum Gasteiger partial charge on any atom is 0.351 e. The van der Waals surface area contributed by atoms with Gasteiger partial charge in [0.2, 0.25) is 12.2 Å². The molecule has 0 saturated carbocycles. The van der Waals surface area contributed by atoms with Gasteiger partial charge in [-0.3, -0.25) is 0 Å². The molecule has 13 heteroatoms. The molecule has 0 aliphatic carbocycles. The number of nitrogen functional groups attached to an aromatic ring is 1. The van der Waals surface area contributed by atoms with Gasteiger partial charge < -0.3 is 24.7 Å². The second kappa shape index (κ2) is 16.5. The first-order valence-corrected chi connectivity index (χ1v) is 13.1. The van der Waals surface area contributed by atoms with E-state index in [4.69, 9.17) is 47.9 Å². The van der Waals surface area contributed by atoms with Crippen LogP contribution >= 0.6 is 23.2 Å². The average molecular weight is 630 g/mol. The van der Waals surface area contributed by atoms with Gasteiger partial charge in [0.25, 0.3) is 0 Å². The summed E-state index contributed by atoms with van der Waals surface area (Å²) >= 11 is 11.6. The number of nitrogens with two attached hydrogens (primary N) is 1. The Morgan fingerprint density at radius 2 is 1.17 bits per heavy atom. The highest BCUT2D eigenvalue weighted by Crippen LogP contribution is 2.25. The largest absolute Gasteiger partial charge is 0.463 e. The molecule has 0 radical (unpaired) electrons. The standard InChI is InChI=1S/C15H16ClFO4.C14H15ClFNO4/c1-5-20-15(19)13(8(2)3)21-14(18)10-6-9(4)12(17)7-11(10)16;1-4-20-14(19)12(7(2)3)21-13(18)8-5-11(17)10(16)6-9(8)15/h6-7,13H,2,5H2,1,3-4H3;5-6,12H,2,4,17H2,1,3H3. The van der Waals surface area contributed by atoms with Crippen LogP contribution in [0.15, 0.2) is 48.6 Å². The van der Waals surface area contributed by atoms with Crippen LogP contribution in [0.25, 0.3) is 0 Å². The Balaban J connectivity index is 0.000000420. The van der Waals surface area contributed by atoms with E-state index in [0.29, 0.717) is 5.57 Å². The molecule has 0 amide bonds. The van der Waals surface area contributed by atoms with Crippen LogP contribution in [0.4, 0.5) is 14.5 Å². The van der Waals surface area contributed by atoms with Crippen molar-refractivity contribution in [3.8, 4) is 0 Å². The fourth-order valence-corrected chi connectivity index (χ4v) is 3.47. The van der Waals surface area contributed by atoms with Crippen LogP contribution in [0, 0.1) is 18.6 Å². The molecule has 0 fully saturated rings. The van der Waals surface area contributed by atoms with Gasteiger partial charge in [-0.05, 0) is 75.6 Å². The normalized spacial score (nSPS) is 11.6. The van der Waals surface area contributed by atoms with E-state index in [1.54, 1.807) is 13.8 Å². The summed E-state index contributed by atoms with van der Waals surface area (Å²) in [5.74, 6) is -4.51. The number of hydrogen-bond donors (Lipinski definition) is 1. The third-order valence-electron chi connectivity index (χ3n) is 5.12. The Labute approximate surface area is 252 Å². The molecule has 0 bridgehead atoms. The molecule has 228 valence electrons. The van der Waals surface area contributed by atoms with Crippen LogP contribution in [0.3, 0.4) is 0 Å². The lowest BCUT2D eigenvalue weighted by atomic mass is 10.1. The quantitative estimate of drug-likeness (QED) is 0.142.